The number of carbonyl (C=O) groups excluding carboxylic acids is 1. The predicted octanol–water partition coefficient (Wildman–Crippen LogP) is 5.34. The molecular weight excluding hydrogens is 288 g/mol. The smallest absolute Gasteiger partial charge is 0.168 e. The largest absolute Gasteiger partial charge is 0.498 e. The SMILES string of the molecule is CCOC1=C(C)C(=O)C(C)(CC2C=C(C[Si](C)(C)C)CC2)C1. The Morgan fingerprint density at radius 3 is 2.64 bits per heavy atom. The Morgan fingerprint density at radius 2 is 2.05 bits per heavy atom. The first kappa shape index (κ1) is 17.5. The number of Topliss-reactive ketones (excluding diaryl/α,β-unsaturated/α-hetero) is 1. The van der Waals surface area contributed by atoms with E-state index in [1.165, 1.54) is 18.9 Å². The van der Waals surface area contributed by atoms with Gasteiger partial charge >= 0.3 is 0 Å². The zero-order chi connectivity index (χ0) is 16.5. The summed E-state index contributed by atoms with van der Waals surface area (Å²) >= 11 is 0. The molecule has 0 saturated carbocycles. The third-order valence-electron chi connectivity index (χ3n) is 4.95. The normalized spacial score (nSPS) is 29.3. The summed E-state index contributed by atoms with van der Waals surface area (Å²) in [6.45, 7) is 14.0. The minimum Gasteiger partial charge on any atom is -0.498 e. The van der Waals surface area contributed by atoms with Crippen LogP contribution in [0.1, 0.15) is 46.5 Å². The molecule has 0 saturated heterocycles. The van der Waals surface area contributed by atoms with Gasteiger partial charge < -0.3 is 4.74 Å². The molecule has 0 aromatic carbocycles. The van der Waals surface area contributed by atoms with Crippen molar-refractivity contribution in [1.82, 2.24) is 0 Å². The highest BCUT2D eigenvalue weighted by atomic mass is 28.3. The quantitative estimate of drug-likeness (QED) is 0.487. The van der Waals surface area contributed by atoms with Crippen molar-refractivity contribution in [1.29, 1.82) is 0 Å². The van der Waals surface area contributed by atoms with Crippen molar-refractivity contribution >= 4 is 13.9 Å². The molecule has 0 radical (unpaired) electrons. The Morgan fingerprint density at radius 1 is 1.36 bits per heavy atom. The van der Waals surface area contributed by atoms with Crippen LogP contribution in [0.2, 0.25) is 25.7 Å². The number of hydrogen-bond donors (Lipinski definition) is 0. The highest BCUT2D eigenvalue weighted by molar-refractivity contribution is 6.76. The van der Waals surface area contributed by atoms with E-state index in [4.69, 9.17) is 4.74 Å². The van der Waals surface area contributed by atoms with Crippen LogP contribution < -0.4 is 0 Å². The van der Waals surface area contributed by atoms with Gasteiger partial charge in [0.25, 0.3) is 0 Å². The van der Waals surface area contributed by atoms with Gasteiger partial charge in [-0.15, -0.1) is 0 Å². The first-order valence-corrected chi connectivity index (χ1v) is 12.4. The van der Waals surface area contributed by atoms with E-state index >= 15 is 0 Å². The Hall–Kier alpha value is -0.833. The molecule has 0 aromatic rings. The zero-order valence-corrected chi connectivity index (χ0v) is 16.2. The van der Waals surface area contributed by atoms with Gasteiger partial charge in [0, 0.05) is 25.5 Å². The van der Waals surface area contributed by atoms with Crippen molar-refractivity contribution in [2.24, 2.45) is 11.3 Å². The topological polar surface area (TPSA) is 26.3 Å². The van der Waals surface area contributed by atoms with E-state index in [-0.39, 0.29) is 5.41 Å². The molecule has 0 fully saturated rings. The molecule has 124 valence electrons. The van der Waals surface area contributed by atoms with Crippen LogP contribution in [-0.2, 0) is 9.53 Å². The van der Waals surface area contributed by atoms with Crippen LogP contribution in [0.25, 0.3) is 0 Å². The summed E-state index contributed by atoms with van der Waals surface area (Å²) in [5, 5.41) is 0. The molecule has 0 heterocycles. The maximum atomic E-state index is 12.7. The molecule has 0 N–H and O–H groups in total. The highest BCUT2D eigenvalue weighted by Crippen LogP contribution is 2.46. The van der Waals surface area contributed by atoms with Gasteiger partial charge in [-0.25, -0.2) is 0 Å². The first-order valence-electron chi connectivity index (χ1n) is 8.71. The van der Waals surface area contributed by atoms with E-state index in [9.17, 15) is 4.79 Å². The Kier molecular flexibility index (Phi) is 5.05. The average molecular weight is 321 g/mol. The molecule has 2 aliphatic carbocycles. The van der Waals surface area contributed by atoms with E-state index < -0.39 is 8.07 Å². The van der Waals surface area contributed by atoms with E-state index in [1.807, 2.05) is 13.8 Å². The lowest BCUT2D eigenvalue weighted by molar-refractivity contribution is -0.123. The van der Waals surface area contributed by atoms with E-state index in [0.717, 1.165) is 24.2 Å². The van der Waals surface area contributed by atoms with Crippen LogP contribution in [0.3, 0.4) is 0 Å². The monoisotopic (exact) mass is 320 g/mol. The second-order valence-corrected chi connectivity index (χ2v) is 14.1. The molecule has 0 aliphatic heterocycles. The molecule has 2 rings (SSSR count). The van der Waals surface area contributed by atoms with E-state index in [1.54, 1.807) is 5.57 Å². The number of rotatable bonds is 6. The highest BCUT2D eigenvalue weighted by Gasteiger charge is 2.44. The van der Waals surface area contributed by atoms with E-state index in [2.05, 4.69) is 32.6 Å². The number of hydrogen-bond acceptors (Lipinski definition) is 2. The van der Waals surface area contributed by atoms with Crippen LogP contribution in [-0.4, -0.2) is 20.5 Å². The summed E-state index contributed by atoms with van der Waals surface area (Å²) in [6, 6.07) is 1.32. The molecule has 0 spiro atoms. The second kappa shape index (κ2) is 6.35. The van der Waals surface area contributed by atoms with Crippen molar-refractivity contribution in [2.75, 3.05) is 6.61 Å². The molecule has 2 nitrogen and oxygen atoms in total. The fourth-order valence-electron chi connectivity index (χ4n) is 4.08. The molecule has 3 heteroatoms. The summed E-state index contributed by atoms with van der Waals surface area (Å²) in [5.41, 5.74) is 2.26. The van der Waals surface area contributed by atoms with Crippen LogP contribution in [0.4, 0.5) is 0 Å². The first-order chi connectivity index (χ1) is 10.1. The molecule has 0 amide bonds. The van der Waals surface area contributed by atoms with Crippen LogP contribution >= 0.6 is 0 Å². The molecule has 0 aromatic heterocycles. The fourth-order valence-corrected chi connectivity index (χ4v) is 5.74. The van der Waals surface area contributed by atoms with Crippen molar-refractivity contribution in [3.63, 3.8) is 0 Å². The van der Waals surface area contributed by atoms with Crippen LogP contribution in [0.5, 0.6) is 0 Å². The average Bonchev–Trinajstić information content (AvgIpc) is 2.88. The Bertz CT molecular complexity index is 510. The number of carbonyl (C=O) groups is 1. The lowest BCUT2D eigenvalue weighted by atomic mass is 9.77. The number of allylic oxidation sites excluding steroid dienone is 4. The van der Waals surface area contributed by atoms with Gasteiger partial charge in [-0.2, -0.15) is 0 Å². The molecule has 22 heavy (non-hydrogen) atoms. The minimum atomic E-state index is -1.02. The third-order valence-corrected chi connectivity index (χ3v) is 6.47. The minimum absolute atomic E-state index is 0.246. The van der Waals surface area contributed by atoms with Gasteiger partial charge in [-0.1, -0.05) is 38.2 Å². The fraction of sp³-hybridized carbons (Fsp3) is 0.737. The summed E-state index contributed by atoms with van der Waals surface area (Å²) in [5.74, 6) is 1.82. The molecule has 0 bridgehead atoms. The molecule has 2 aliphatic rings. The third kappa shape index (κ3) is 3.92. The second-order valence-electron chi connectivity index (χ2n) is 8.61. The summed E-state index contributed by atoms with van der Waals surface area (Å²) < 4.78 is 5.68. The molecule has 2 atom stereocenters. The lowest BCUT2D eigenvalue weighted by Crippen LogP contribution is -2.26. The van der Waals surface area contributed by atoms with Crippen LogP contribution in [0.15, 0.2) is 23.0 Å². The molecule has 2 unspecified atom stereocenters. The maximum Gasteiger partial charge on any atom is 0.168 e. The van der Waals surface area contributed by atoms with Gasteiger partial charge in [-0.3, -0.25) is 4.79 Å². The Balaban J connectivity index is 2.02. The van der Waals surface area contributed by atoms with Gasteiger partial charge in [0.1, 0.15) is 5.76 Å². The number of ether oxygens (including phenoxy) is 1. The predicted molar refractivity (Wildman–Crippen MR) is 95.6 cm³/mol. The Labute approximate surface area is 137 Å². The summed E-state index contributed by atoms with van der Waals surface area (Å²) in [6.07, 6.45) is 6.73. The summed E-state index contributed by atoms with van der Waals surface area (Å²) in [7, 11) is -1.02. The van der Waals surface area contributed by atoms with Crippen LogP contribution in [0, 0.1) is 11.3 Å². The zero-order valence-electron chi connectivity index (χ0n) is 15.2. The lowest BCUT2D eigenvalue weighted by Gasteiger charge is -2.25. The maximum absolute atomic E-state index is 12.7. The molecular formula is C19H32O2Si. The van der Waals surface area contributed by atoms with E-state index in [0.29, 0.717) is 18.3 Å². The van der Waals surface area contributed by atoms with Crippen molar-refractivity contribution in [3.8, 4) is 0 Å². The van der Waals surface area contributed by atoms with Gasteiger partial charge in [0.05, 0.1) is 6.61 Å². The van der Waals surface area contributed by atoms with Crippen molar-refractivity contribution < 1.29 is 9.53 Å². The summed E-state index contributed by atoms with van der Waals surface area (Å²) in [4.78, 5) is 12.7. The van der Waals surface area contributed by atoms with Crippen molar-refractivity contribution in [3.05, 3.63) is 23.0 Å². The van der Waals surface area contributed by atoms with Gasteiger partial charge in [0.15, 0.2) is 5.78 Å². The van der Waals surface area contributed by atoms with Gasteiger partial charge in [-0.05, 0) is 45.1 Å². The standard InChI is InChI=1S/C19H32O2Si/c1-7-21-17-12-19(3,18(20)14(17)2)11-15-8-9-16(10-15)13-22(4,5)6/h10,15H,7-9,11-13H2,1-6H3. The van der Waals surface area contributed by atoms with Gasteiger partial charge in [0.2, 0.25) is 0 Å². The number of ketones is 1. The van der Waals surface area contributed by atoms with Crippen molar-refractivity contribution in [2.45, 2.75) is 72.1 Å².